The SMILES string of the molecule is FC(F)(F)c1ccnc(N2CC3CN(c4ncnc5cnccc45)CC3C2)n1. The summed E-state index contributed by atoms with van der Waals surface area (Å²) in [6.45, 7) is 2.84. The smallest absolute Gasteiger partial charge is 0.355 e. The topological polar surface area (TPSA) is 70.9 Å². The van der Waals surface area contributed by atoms with E-state index in [1.807, 2.05) is 11.0 Å². The zero-order chi connectivity index (χ0) is 19.3. The van der Waals surface area contributed by atoms with Crippen molar-refractivity contribution in [2.45, 2.75) is 6.18 Å². The zero-order valence-corrected chi connectivity index (χ0v) is 14.7. The van der Waals surface area contributed by atoms with Gasteiger partial charge in [0.25, 0.3) is 0 Å². The predicted molar refractivity (Wildman–Crippen MR) is 95.8 cm³/mol. The molecule has 28 heavy (non-hydrogen) atoms. The first-order chi connectivity index (χ1) is 13.5. The van der Waals surface area contributed by atoms with Crippen LogP contribution in [0, 0.1) is 11.8 Å². The van der Waals surface area contributed by atoms with Crippen LogP contribution in [-0.4, -0.2) is 51.1 Å². The molecule has 0 radical (unpaired) electrons. The van der Waals surface area contributed by atoms with Gasteiger partial charge in [0.05, 0.1) is 11.7 Å². The molecule has 0 aliphatic carbocycles. The lowest BCUT2D eigenvalue weighted by Gasteiger charge is -2.23. The van der Waals surface area contributed by atoms with Crippen LogP contribution in [0.15, 0.2) is 37.1 Å². The summed E-state index contributed by atoms with van der Waals surface area (Å²) in [5.41, 5.74) is -0.110. The highest BCUT2D eigenvalue weighted by Crippen LogP contribution is 2.37. The van der Waals surface area contributed by atoms with Crippen LogP contribution in [0.4, 0.5) is 24.9 Å². The van der Waals surface area contributed by atoms with E-state index in [-0.39, 0.29) is 5.95 Å². The Morgan fingerprint density at radius 2 is 1.64 bits per heavy atom. The molecule has 10 heteroatoms. The number of nitrogens with zero attached hydrogens (tertiary/aromatic N) is 7. The number of halogens is 3. The highest BCUT2D eigenvalue weighted by atomic mass is 19.4. The molecule has 2 aliphatic rings. The second kappa shape index (κ2) is 6.25. The van der Waals surface area contributed by atoms with Gasteiger partial charge in [-0.3, -0.25) is 4.98 Å². The Kier molecular flexibility index (Phi) is 3.81. The van der Waals surface area contributed by atoms with Crippen LogP contribution in [0.5, 0.6) is 0 Å². The van der Waals surface area contributed by atoms with E-state index in [1.165, 1.54) is 12.5 Å². The summed E-state index contributed by atoms with van der Waals surface area (Å²) in [6, 6.07) is 2.80. The maximum atomic E-state index is 12.9. The molecule has 2 fully saturated rings. The van der Waals surface area contributed by atoms with Gasteiger partial charge in [-0.25, -0.2) is 19.9 Å². The third-order valence-corrected chi connectivity index (χ3v) is 5.42. The molecule has 5 heterocycles. The Labute approximate surface area is 158 Å². The van der Waals surface area contributed by atoms with Crippen molar-refractivity contribution in [3.8, 4) is 0 Å². The fourth-order valence-electron chi connectivity index (χ4n) is 4.13. The average Bonchev–Trinajstić information content (AvgIpc) is 3.26. The summed E-state index contributed by atoms with van der Waals surface area (Å²) < 4.78 is 38.8. The molecule has 7 nitrogen and oxygen atoms in total. The Balaban J connectivity index is 1.34. The Hall–Kier alpha value is -3.04. The maximum Gasteiger partial charge on any atom is 0.433 e. The van der Waals surface area contributed by atoms with E-state index in [1.54, 1.807) is 12.4 Å². The number of rotatable bonds is 2. The molecule has 144 valence electrons. The zero-order valence-electron chi connectivity index (χ0n) is 14.7. The van der Waals surface area contributed by atoms with Crippen molar-refractivity contribution in [3.05, 3.63) is 42.7 Å². The summed E-state index contributed by atoms with van der Waals surface area (Å²) in [7, 11) is 0. The minimum absolute atomic E-state index is 0.148. The highest BCUT2D eigenvalue weighted by molar-refractivity contribution is 5.88. The van der Waals surface area contributed by atoms with Crippen LogP contribution in [0.25, 0.3) is 10.9 Å². The van der Waals surface area contributed by atoms with Crippen LogP contribution >= 0.6 is 0 Å². The molecule has 0 aromatic carbocycles. The number of hydrogen-bond donors (Lipinski definition) is 0. The number of fused-ring (bicyclic) bond motifs is 2. The lowest BCUT2D eigenvalue weighted by atomic mass is 10.0. The highest BCUT2D eigenvalue weighted by Gasteiger charge is 2.42. The number of hydrogen-bond acceptors (Lipinski definition) is 7. The molecule has 2 aliphatic heterocycles. The summed E-state index contributed by atoms with van der Waals surface area (Å²) in [5, 5.41) is 0.954. The quantitative estimate of drug-likeness (QED) is 0.669. The Morgan fingerprint density at radius 1 is 0.893 bits per heavy atom. The second-order valence-corrected chi connectivity index (χ2v) is 7.16. The fourth-order valence-corrected chi connectivity index (χ4v) is 4.13. The van der Waals surface area contributed by atoms with Gasteiger partial charge in [0, 0.05) is 55.8 Å². The van der Waals surface area contributed by atoms with E-state index in [9.17, 15) is 13.2 Å². The van der Waals surface area contributed by atoms with Crippen molar-refractivity contribution >= 4 is 22.7 Å². The lowest BCUT2D eigenvalue weighted by Crippen LogP contribution is -2.30. The first-order valence-electron chi connectivity index (χ1n) is 8.94. The van der Waals surface area contributed by atoms with Crippen molar-refractivity contribution in [2.24, 2.45) is 11.8 Å². The molecular weight excluding hydrogens is 371 g/mol. The predicted octanol–water partition coefficient (Wildman–Crippen LogP) is 2.41. The number of alkyl halides is 3. The van der Waals surface area contributed by atoms with Gasteiger partial charge < -0.3 is 9.80 Å². The number of pyridine rings is 1. The number of anilines is 2. The molecule has 0 N–H and O–H groups in total. The van der Waals surface area contributed by atoms with Crippen LogP contribution in [0.1, 0.15) is 5.69 Å². The van der Waals surface area contributed by atoms with E-state index < -0.39 is 11.9 Å². The van der Waals surface area contributed by atoms with Gasteiger partial charge in [-0.1, -0.05) is 0 Å². The van der Waals surface area contributed by atoms with E-state index in [0.717, 1.165) is 35.9 Å². The summed E-state index contributed by atoms with van der Waals surface area (Å²) in [5.74, 6) is 1.67. The molecule has 0 bridgehead atoms. The molecule has 3 aromatic heterocycles. The maximum absolute atomic E-state index is 12.9. The first kappa shape index (κ1) is 17.1. The van der Waals surface area contributed by atoms with Gasteiger partial charge in [-0.15, -0.1) is 0 Å². The summed E-state index contributed by atoms with van der Waals surface area (Å²) in [6.07, 6.45) is 1.68. The van der Waals surface area contributed by atoms with Crippen LogP contribution in [-0.2, 0) is 6.18 Å². The average molecular weight is 387 g/mol. The molecule has 2 atom stereocenters. The van der Waals surface area contributed by atoms with Gasteiger partial charge in [-0.05, 0) is 12.1 Å². The summed E-state index contributed by atoms with van der Waals surface area (Å²) >= 11 is 0. The molecule has 5 rings (SSSR count). The normalized spacial score (nSPS) is 22.1. The van der Waals surface area contributed by atoms with Crippen molar-refractivity contribution in [1.82, 2.24) is 24.9 Å². The van der Waals surface area contributed by atoms with Gasteiger partial charge in [0.2, 0.25) is 5.95 Å². The molecule has 2 saturated heterocycles. The molecular formula is C18H16F3N7. The van der Waals surface area contributed by atoms with Crippen molar-refractivity contribution in [1.29, 1.82) is 0 Å². The Morgan fingerprint density at radius 3 is 2.39 bits per heavy atom. The fraction of sp³-hybridized carbons (Fsp3) is 0.389. The van der Waals surface area contributed by atoms with Gasteiger partial charge >= 0.3 is 6.18 Å². The molecule has 0 spiro atoms. The van der Waals surface area contributed by atoms with Crippen LogP contribution in [0.3, 0.4) is 0 Å². The van der Waals surface area contributed by atoms with E-state index in [2.05, 4.69) is 29.8 Å². The van der Waals surface area contributed by atoms with Crippen molar-refractivity contribution < 1.29 is 13.2 Å². The number of aromatic nitrogens is 5. The third kappa shape index (κ3) is 2.88. The van der Waals surface area contributed by atoms with Gasteiger partial charge in [0.15, 0.2) is 0 Å². The van der Waals surface area contributed by atoms with Gasteiger partial charge in [-0.2, -0.15) is 13.2 Å². The van der Waals surface area contributed by atoms with Crippen molar-refractivity contribution in [2.75, 3.05) is 36.0 Å². The van der Waals surface area contributed by atoms with Gasteiger partial charge in [0.1, 0.15) is 17.8 Å². The minimum atomic E-state index is -4.47. The van der Waals surface area contributed by atoms with E-state index in [0.29, 0.717) is 24.9 Å². The largest absolute Gasteiger partial charge is 0.433 e. The monoisotopic (exact) mass is 387 g/mol. The lowest BCUT2D eigenvalue weighted by molar-refractivity contribution is -0.141. The second-order valence-electron chi connectivity index (χ2n) is 7.16. The van der Waals surface area contributed by atoms with E-state index >= 15 is 0 Å². The first-order valence-corrected chi connectivity index (χ1v) is 8.94. The van der Waals surface area contributed by atoms with Crippen LogP contribution < -0.4 is 9.80 Å². The standard InChI is InChI=1S/C18H16F3N7/c19-18(20,21)15-2-4-23-17(26-15)28-8-11-6-27(7-12(11)9-28)16-13-1-3-22-5-14(13)24-10-25-16/h1-5,10-12H,6-9H2. The molecule has 2 unspecified atom stereocenters. The molecule has 0 saturated carbocycles. The minimum Gasteiger partial charge on any atom is -0.355 e. The van der Waals surface area contributed by atoms with Crippen LogP contribution in [0.2, 0.25) is 0 Å². The molecule has 0 amide bonds. The summed E-state index contributed by atoms with van der Waals surface area (Å²) in [4.78, 5) is 24.7. The third-order valence-electron chi connectivity index (χ3n) is 5.42. The Bertz CT molecular complexity index is 1010. The van der Waals surface area contributed by atoms with E-state index in [4.69, 9.17) is 0 Å². The van der Waals surface area contributed by atoms with Crippen molar-refractivity contribution in [3.63, 3.8) is 0 Å². The molecule has 3 aromatic rings.